The zero-order valence-electron chi connectivity index (χ0n) is 11.2. The third-order valence-corrected chi connectivity index (χ3v) is 3.60. The highest BCUT2D eigenvalue weighted by Gasteiger charge is 2.07. The van der Waals surface area contributed by atoms with E-state index in [0.717, 1.165) is 29.6 Å². The molecule has 2 aromatic rings. The molecular formula is C14H15N3O3S. The maximum Gasteiger partial charge on any atom is 0.328 e. The number of hydrogen-bond acceptors (Lipinski definition) is 4. The lowest BCUT2D eigenvalue weighted by molar-refractivity contribution is -0.131. The van der Waals surface area contributed by atoms with Crippen molar-refractivity contribution in [3.63, 3.8) is 0 Å². The molecule has 0 saturated carbocycles. The van der Waals surface area contributed by atoms with Crippen molar-refractivity contribution in [3.8, 4) is 0 Å². The maximum absolute atomic E-state index is 11.9. The van der Waals surface area contributed by atoms with Gasteiger partial charge in [-0.1, -0.05) is 0 Å². The molecule has 2 rings (SSSR count). The molecule has 0 bridgehead atoms. The minimum Gasteiger partial charge on any atom is -0.478 e. The van der Waals surface area contributed by atoms with Crippen LogP contribution in [0.15, 0.2) is 29.9 Å². The van der Waals surface area contributed by atoms with E-state index in [0.29, 0.717) is 12.1 Å². The number of carboxylic acid groups (broad SMARTS) is 1. The molecule has 21 heavy (non-hydrogen) atoms. The zero-order valence-corrected chi connectivity index (χ0v) is 12.0. The number of carbonyl (C=O) groups excluding carboxylic acids is 1. The van der Waals surface area contributed by atoms with E-state index in [1.807, 2.05) is 0 Å². The van der Waals surface area contributed by atoms with Gasteiger partial charge in [0.25, 0.3) is 5.91 Å². The first kappa shape index (κ1) is 15.0. The summed E-state index contributed by atoms with van der Waals surface area (Å²) in [4.78, 5) is 30.2. The number of imidazole rings is 1. The van der Waals surface area contributed by atoms with Crippen LogP contribution >= 0.6 is 11.3 Å². The molecule has 0 fully saturated rings. The minimum absolute atomic E-state index is 0.152. The van der Waals surface area contributed by atoms with Crippen LogP contribution < -0.4 is 5.32 Å². The lowest BCUT2D eigenvalue weighted by atomic mass is 10.2. The van der Waals surface area contributed by atoms with E-state index >= 15 is 0 Å². The number of aromatic nitrogens is 2. The first-order valence-corrected chi connectivity index (χ1v) is 7.29. The van der Waals surface area contributed by atoms with Gasteiger partial charge in [-0.15, -0.1) is 11.3 Å². The van der Waals surface area contributed by atoms with E-state index in [4.69, 9.17) is 5.11 Å². The Bertz CT molecular complexity index is 632. The molecule has 0 aromatic carbocycles. The molecule has 0 radical (unpaired) electrons. The van der Waals surface area contributed by atoms with Crippen LogP contribution in [0.1, 0.15) is 27.5 Å². The Morgan fingerprint density at radius 1 is 1.48 bits per heavy atom. The summed E-state index contributed by atoms with van der Waals surface area (Å²) in [5, 5.41) is 13.1. The minimum atomic E-state index is -1.01. The topological polar surface area (TPSA) is 95.1 Å². The second-order valence-electron chi connectivity index (χ2n) is 4.30. The Balaban J connectivity index is 1.76. The predicted octanol–water partition coefficient (Wildman–Crippen LogP) is 1.93. The molecule has 1 amide bonds. The van der Waals surface area contributed by atoms with Crippen molar-refractivity contribution >= 4 is 29.3 Å². The molecule has 2 aromatic heterocycles. The summed E-state index contributed by atoms with van der Waals surface area (Å²) in [6.45, 7) is 0.565. The van der Waals surface area contributed by atoms with Gasteiger partial charge in [0.15, 0.2) is 0 Å². The van der Waals surface area contributed by atoms with Gasteiger partial charge in [-0.3, -0.25) is 4.79 Å². The molecule has 110 valence electrons. The van der Waals surface area contributed by atoms with Crippen molar-refractivity contribution < 1.29 is 14.7 Å². The second kappa shape index (κ2) is 7.39. The third-order valence-electron chi connectivity index (χ3n) is 2.70. The Labute approximate surface area is 125 Å². The van der Waals surface area contributed by atoms with Crippen LogP contribution in [0.25, 0.3) is 6.08 Å². The molecule has 3 N–H and O–H groups in total. The Morgan fingerprint density at radius 3 is 3.05 bits per heavy atom. The standard InChI is InChI=1S/C14H15N3O3S/c18-13(19)4-3-11-8-10(9-21-11)14(20)17-5-1-2-12-15-6-7-16-12/h3-4,6-9H,1-2,5H2,(H,15,16)(H,17,20)(H,18,19)/b4-3+. The number of carbonyl (C=O) groups is 2. The maximum atomic E-state index is 11.9. The monoisotopic (exact) mass is 305 g/mol. The fraction of sp³-hybridized carbons (Fsp3) is 0.214. The van der Waals surface area contributed by atoms with Crippen molar-refractivity contribution in [2.45, 2.75) is 12.8 Å². The van der Waals surface area contributed by atoms with Crippen molar-refractivity contribution in [2.24, 2.45) is 0 Å². The van der Waals surface area contributed by atoms with Crippen LogP contribution in [0, 0.1) is 0 Å². The van der Waals surface area contributed by atoms with Gasteiger partial charge in [0, 0.05) is 41.7 Å². The van der Waals surface area contributed by atoms with Crippen molar-refractivity contribution in [1.82, 2.24) is 15.3 Å². The zero-order chi connectivity index (χ0) is 15.1. The summed E-state index contributed by atoms with van der Waals surface area (Å²) in [6, 6.07) is 1.67. The van der Waals surface area contributed by atoms with E-state index in [-0.39, 0.29) is 5.91 Å². The van der Waals surface area contributed by atoms with Crippen molar-refractivity contribution in [3.05, 3.63) is 46.2 Å². The van der Waals surface area contributed by atoms with Gasteiger partial charge < -0.3 is 15.4 Å². The molecular weight excluding hydrogens is 290 g/mol. The average molecular weight is 305 g/mol. The lowest BCUT2D eigenvalue weighted by Crippen LogP contribution is -2.24. The van der Waals surface area contributed by atoms with E-state index in [1.54, 1.807) is 23.8 Å². The SMILES string of the molecule is O=C(O)/C=C/c1cc(C(=O)NCCCc2ncc[nH]2)cs1. The fourth-order valence-corrected chi connectivity index (χ4v) is 2.49. The lowest BCUT2D eigenvalue weighted by Gasteiger charge is -2.02. The number of amides is 1. The van der Waals surface area contributed by atoms with E-state index in [2.05, 4.69) is 15.3 Å². The van der Waals surface area contributed by atoms with Crippen LogP contribution in [-0.4, -0.2) is 33.5 Å². The van der Waals surface area contributed by atoms with Crippen LogP contribution in [0.2, 0.25) is 0 Å². The van der Waals surface area contributed by atoms with Gasteiger partial charge in [-0.2, -0.15) is 0 Å². The Hall–Kier alpha value is -2.41. The number of aryl methyl sites for hydroxylation is 1. The van der Waals surface area contributed by atoms with E-state index in [9.17, 15) is 9.59 Å². The highest BCUT2D eigenvalue weighted by molar-refractivity contribution is 7.11. The number of nitrogens with zero attached hydrogens (tertiary/aromatic N) is 1. The number of thiophene rings is 1. The molecule has 0 unspecified atom stereocenters. The molecule has 6 nitrogen and oxygen atoms in total. The predicted molar refractivity (Wildman–Crippen MR) is 80.2 cm³/mol. The molecule has 0 aliphatic rings. The fourth-order valence-electron chi connectivity index (χ4n) is 1.71. The average Bonchev–Trinajstić information content (AvgIpc) is 3.12. The number of aromatic amines is 1. The molecule has 2 heterocycles. The van der Waals surface area contributed by atoms with Gasteiger partial charge in [0.1, 0.15) is 5.82 Å². The summed E-state index contributed by atoms with van der Waals surface area (Å²) < 4.78 is 0. The number of aliphatic carboxylic acids is 1. The van der Waals surface area contributed by atoms with Crippen molar-refractivity contribution in [1.29, 1.82) is 0 Å². The van der Waals surface area contributed by atoms with Crippen molar-refractivity contribution in [2.75, 3.05) is 6.54 Å². The number of hydrogen-bond donors (Lipinski definition) is 3. The van der Waals surface area contributed by atoms with Crippen LogP contribution in [0.3, 0.4) is 0 Å². The number of nitrogens with one attached hydrogen (secondary N) is 2. The van der Waals surface area contributed by atoms with Crippen LogP contribution in [0.4, 0.5) is 0 Å². The first-order valence-electron chi connectivity index (χ1n) is 6.41. The molecule has 0 atom stereocenters. The summed E-state index contributed by atoms with van der Waals surface area (Å²) in [6.07, 6.45) is 7.58. The molecule has 7 heteroatoms. The molecule has 0 aliphatic carbocycles. The first-order chi connectivity index (χ1) is 10.1. The summed E-state index contributed by atoms with van der Waals surface area (Å²) in [5.41, 5.74) is 0.544. The highest BCUT2D eigenvalue weighted by atomic mass is 32.1. The van der Waals surface area contributed by atoms with Gasteiger partial charge in [-0.05, 0) is 18.6 Å². The summed E-state index contributed by atoms with van der Waals surface area (Å²) >= 11 is 1.33. The normalized spacial score (nSPS) is 10.9. The summed E-state index contributed by atoms with van der Waals surface area (Å²) in [7, 11) is 0. The van der Waals surface area contributed by atoms with Gasteiger partial charge in [0.2, 0.25) is 0 Å². The van der Waals surface area contributed by atoms with Gasteiger partial charge >= 0.3 is 5.97 Å². The highest BCUT2D eigenvalue weighted by Crippen LogP contribution is 2.16. The smallest absolute Gasteiger partial charge is 0.328 e. The third kappa shape index (κ3) is 4.88. The Kier molecular flexibility index (Phi) is 5.28. The van der Waals surface area contributed by atoms with Gasteiger partial charge in [-0.25, -0.2) is 9.78 Å². The number of carboxylic acids is 1. The number of rotatable bonds is 7. The van der Waals surface area contributed by atoms with Crippen LogP contribution in [0.5, 0.6) is 0 Å². The molecule has 0 saturated heterocycles. The van der Waals surface area contributed by atoms with Crippen LogP contribution in [-0.2, 0) is 11.2 Å². The summed E-state index contributed by atoms with van der Waals surface area (Å²) in [5.74, 6) is -0.256. The molecule has 0 aliphatic heterocycles. The van der Waals surface area contributed by atoms with E-state index in [1.165, 1.54) is 17.4 Å². The van der Waals surface area contributed by atoms with Gasteiger partial charge in [0.05, 0.1) is 5.56 Å². The Morgan fingerprint density at radius 2 is 2.33 bits per heavy atom. The quantitative estimate of drug-likeness (QED) is 0.538. The largest absolute Gasteiger partial charge is 0.478 e. The number of H-pyrrole nitrogens is 1. The second-order valence-corrected chi connectivity index (χ2v) is 5.25. The molecule has 0 spiro atoms. The van der Waals surface area contributed by atoms with E-state index < -0.39 is 5.97 Å².